The highest BCUT2D eigenvalue weighted by Gasteiger charge is 2.65. The Bertz CT molecular complexity index is 835. The predicted octanol–water partition coefficient (Wildman–Crippen LogP) is 2.62. The van der Waals surface area contributed by atoms with Crippen LogP contribution in [0, 0.1) is 0 Å². The maximum Gasteiger partial charge on any atom is 0.362 e. The van der Waals surface area contributed by atoms with Crippen molar-refractivity contribution >= 4 is 16.2 Å². The molecule has 3 rings (SSSR count). The van der Waals surface area contributed by atoms with Crippen LogP contribution in [0.25, 0.3) is 0 Å². The molecule has 4 atom stereocenters. The highest BCUT2D eigenvalue weighted by Crippen LogP contribution is 2.47. The van der Waals surface area contributed by atoms with Gasteiger partial charge >= 0.3 is 10.3 Å². The first-order valence-electron chi connectivity index (χ1n) is 13.1. The van der Waals surface area contributed by atoms with E-state index < -0.39 is 52.4 Å². The molecule has 0 aliphatic carbocycles. The second kappa shape index (κ2) is 12.3. The third kappa shape index (κ3) is 8.32. The monoisotopic (exact) mass is 536 g/mol. The lowest BCUT2D eigenvalue weighted by Crippen LogP contribution is -2.60. The Hall–Kier alpha value is -0.860. The van der Waals surface area contributed by atoms with Crippen LogP contribution < -0.4 is 10.5 Å². The minimum Gasteiger partial charge on any atom is -0.343 e. The fraction of sp³-hybridized carbons (Fsp3) is 0.958. The topological polar surface area (TPSA) is 145 Å². The standard InChI is InChI=1S/C24H44N2O9S/c1-22(2)32-18-16-30-24(21(20(18)33-22)34-23(3,4)35-24)17-31-36(28,29)26-19(27)14-12-10-8-6-5-7-9-11-13-15-25/h18,20-21H,5-17,25H2,1-4H3,(H,26,27)/t18-,20?,21+,24+/m1/s1. The molecule has 0 aromatic rings. The van der Waals surface area contributed by atoms with Crippen molar-refractivity contribution in [3.63, 3.8) is 0 Å². The summed E-state index contributed by atoms with van der Waals surface area (Å²) in [5.41, 5.74) is 5.49. The molecular formula is C24H44N2O9S. The molecule has 3 N–H and O–H groups in total. The second-order valence-corrected chi connectivity index (χ2v) is 12.1. The molecule has 36 heavy (non-hydrogen) atoms. The van der Waals surface area contributed by atoms with E-state index in [0.717, 1.165) is 32.2 Å². The first kappa shape index (κ1) is 29.7. The summed E-state index contributed by atoms with van der Waals surface area (Å²) in [4.78, 5) is 12.2. The number of carbonyl (C=O) groups excluding carboxylic acids is 1. The lowest BCUT2D eigenvalue weighted by atomic mass is 9.98. The fourth-order valence-corrected chi connectivity index (χ4v) is 5.75. The molecule has 3 aliphatic rings. The third-order valence-corrected chi connectivity index (χ3v) is 7.44. The van der Waals surface area contributed by atoms with Gasteiger partial charge in [0.1, 0.15) is 24.9 Å². The molecule has 3 saturated heterocycles. The van der Waals surface area contributed by atoms with E-state index in [1.807, 2.05) is 4.72 Å². The summed E-state index contributed by atoms with van der Waals surface area (Å²) < 4.78 is 61.8. The zero-order valence-electron chi connectivity index (χ0n) is 22.1. The minimum atomic E-state index is -4.36. The van der Waals surface area contributed by atoms with Gasteiger partial charge in [0.05, 0.1) is 6.61 Å². The van der Waals surface area contributed by atoms with Crippen LogP contribution in [0.5, 0.6) is 0 Å². The molecule has 0 bridgehead atoms. The largest absolute Gasteiger partial charge is 0.362 e. The summed E-state index contributed by atoms with van der Waals surface area (Å²) >= 11 is 0. The van der Waals surface area contributed by atoms with Crippen LogP contribution in [0.1, 0.15) is 91.9 Å². The quantitative estimate of drug-likeness (QED) is 0.300. The molecule has 0 saturated carbocycles. The number of nitrogens with two attached hydrogens (primary N) is 1. The molecule has 12 heteroatoms. The van der Waals surface area contributed by atoms with E-state index in [0.29, 0.717) is 6.42 Å². The van der Waals surface area contributed by atoms with Gasteiger partial charge in [0.2, 0.25) is 11.7 Å². The third-order valence-electron chi connectivity index (χ3n) is 6.54. The van der Waals surface area contributed by atoms with Crippen LogP contribution in [0.4, 0.5) is 0 Å². The average molecular weight is 537 g/mol. The highest BCUT2D eigenvalue weighted by atomic mass is 32.2. The number of carbonyl (C=O) groups is 1. The Kier molecular flexibility index (Phi) is 10.2. The molecule has 3 heterocycles. The number of hydrogen-bond donors (Lipinski definition) is 2. The summed E-state index contributed by atoms with van der Waals surface area (Å²) in [6.45, 7) is 7.34. The van der Waals surface area contributed by atoms with E-state index in [4.69, 9.17) is 33.6 Å². The van der Waals surface area contributed by atoms with E-state index >= 15 is 0 Å². The van der Waals surface area contributed by atoms with Gasteiger partial charge in [-0.3, -0.25) is 4.79 Å². The molecule has 1 unspecified atom stereocenters. The van der Waals surface area contributed by atoms with Crippen molar-refractivity contribution in [1.82, 2.24) is 4.72 Å². The van der Waals surface area contributed by atoms with Crippen LogP contribution in [0.2, 0.25) is 0 Å². The van der Waals surface area contributed by atoms with E-state index in [2.05, 4.69) is 0 Å². The van der Waals surface area contributed by atoms with Gasteiger partial charge in [-0.25, -0.2) is 8.91 Å². The van der Waals surface area contributed by atoms with Gasteiger partial charge in [0.25, 0.3) is 0 Å². The van der Waals surface area contributed by atoms with Crippen molar-refractivity contribution < 1.29 is 41.1 Å². The zero-order valence-corrected chi connectivity index (χ0v) is 22.9. The second-order valence-electron chi connectivity index (χ2n) is 10.8. The van der Waals surface area contributed by atoms with E-state index in [9.17, 15) is 13.2 Å². The van der Waals surface area contributed by atoms with Crippen molar-refractivity contribution in [3.8, 4) is 0 Å². The number of hydrogen-bond acceptors (Lipinski definition) is 10. The summed E-state index contributed by atoms with van der Waals surface area (Å²) in [5, 5.41) is 0. The summed E-state index contributed by atoms with van der Waals surface area (Å²) in [5.74, 6) is -4.02. The van der Waals surface area contributed by atoms with Gasteiger partial charge in [0.15, 0.2) is 11.6 Å². The summed E-state index contributed by atoms with van der Waals surface area (Å²) in [7, 11) is -4.36. The lowest BCUT2D eigenvalue weighted by molar-refractivity contribution is -0.290. The van der Waals surface area contributed by atoms with Crippen LogP contribution in [0.15, 0.2) is 0 Å². The van der Waals surface area contributed by atoms with Gasteiger partial charge in [-0.15, -0.1) is 0 Å². The Morgan fingerprint density at radius 2 is 1.53 bits per heavy atom. The van der Waals surface area contributed by atoms with E-state index in [-0.39, 0.29) is 19.1 Å². The van der Waals surface area contributed by atoms with Crippen molar-refractivity contribution in [2.75, 3.05) is 19.8 Å². The summed E-state index contributed by atoms with van der Waals surface area (Å²) in [6, 6.07) is 0. The van der Waals surface area contributed by atoms with Crippen LogP contribution >= 0.6 is 0 Å². The highest BCUT2D eigenvalue weighted by molar-refractivity contribution is 7.85. The summed E-state index contributed by atoms with van der Waals surface area (Å²) in [6.07, 6.45) is 7.88. The number of amides is 1. The van der Waals surface area contributed by atoms with Gasteiger partial charge in [-0.2, -0.15) is 8.42 Å². The van der Waals surface area contributed by atoms with E-state index in [1.165, 1.54) is 25.7 Å². The molecule has 3 aliphatic heterocycles. The maximum atomic E-state index is 12.5. The fourth-order valence-electron chi connectivity index (χ4n) is 4.99. The van der Waals surface area contributed by atoms with Crippen molar-refractivity contribution in [2.24, 2.45) is 5.73 Å². The molecule has 0 aromatic heterocycles. The maximum absolute atomic E-state index is 12.5. The Morgan fingerprint density at radius 3 is 2.17 bits per heavy atom. The number of unbranched alkanes of at least 4 members (excludes halogenated alkanes) is 8. The minimum absolute atomic E-state index is 0.111. The smallest absolute Gasteiger partial charge is 0.343 e. The number of fused-ring (bicyclic) bond motifs is 3. The average Bonchev–Trinajstić information content (AvgIpc) is 3.24. The van der Waals surface area contributed by atoms with Crippen LogP contribution in [0.3, 0.4) is 0 Å². The van der Waals surface area contributed by atoms with Crippen LogP contribution in [-0.4, -0.2) is 69.8 Å². The molecule has 210 valence electrons. The van der Waals surface area contributed by atoms with Gasteiger partial charge < -0.3 is 29.4 Å². The first-order chi connectivity index (χ1) is 16.9. The van der Waals surface area contributed by atoms with Crippen molar-refractivity contribution in [1.29, 1.82) is 0 Å². The SMILES string of the molecule is CC1(C)OC2[C@@H](CO[C@@]3(COS(=O)(=O)NC(=O)CCCCCCCCCCCN)OC(C)(C)O[C@@H]23)O1. The number of nitrogens with one attached hydrogen (secondary N) is 1. The molecule has 0 aromatic carbocycles. The molecule has 11 nitrogen and oxygen atoms in total. The molecule has 0 radical (unpaired) electrons. The predicted molar refractivity (Wildman–Crippen MR) is 131 cm³/mol. The first-order valence-corrected chi connectivity index (χ1v) is 14.6. The number of rotatable bonds is 15. The molecule has 0 spiro atoms. The van der Waals surface area contributed by atoms with Gasteiger partial charge in [-0.1, -0.05) is 44.9 Å². The molecular weight excluding hydrogens is 492 g/mol. The van der Waals surface area contributed by atoms with Gasteiger partial charge in [0, 0.05) is 6.42 Å². The lowest BCUT2D eigenvalue weighted by Gasteiger charge is -2.40. The Balaban J connectivity index is 1.41. The zero-order chi connectivity index (χ0) is 26.5. The van der Waals surface area contributed by atoms with Crippen LogP contribution in [-0.2, 0) is 43.0 Å². The molecule has 3 fully saturated rings. The van der Waals surface area contributed by atoms with Crippen molar-refractivity contribution in [2.45, 2.75) is 128 Å². The van der Waals surface area contributed by atoms with E-state index in [1.54, 1.807) is 27.7 Å². The molecule has 1 amide bonds. The Morgan fingerprint density at radius 1 is 0.917 bits per heavy atom. The Labute approximate surface area is 215 Å². The number of ether oxygens (including phenoxy) is 5. The van der Waals surface area contributed by atoms with Crippen molar-refractivity contribution in [3.05, 3.63) is 0 Å². The normalized spacial score (nSPS) is 30.6. The van der Waals surface area contributed by atoms with Gasteiger partial charge in [-0.05, 0) is 47.1 Å².